The lowest BCUT2D eigenvalue weighted by molar-refractivity contribution is -0.141. The van der Waals surface area contributed by atoms with Crippen LogP contribution >= 0.6 is 0 Å². The van der Waals surface area contributed by atoms with Crippen LogP contribution in [0.3, 0.4) is 0 Å². The molecule has 168 valence electrons. The molecule has 1 fully saturated rings. The molecule has 0 aliphatic carbocycles. The van der Waals surface area contributed by atoms with Crippen LogP contribution in [0.1, 0.15) is 11.6 Å². The van der Waals surface area contributed by atoms with Crippen LogP contribution in [0.5, 0.6) is 0 Å². The minimum absolute atomic E-state index is 0.00244. The van der Waals surface area contributed by atoms with Gasteiger partial charge in [0.1, 0.15) is 0 Å². The summed E-state index contributed by atoms with van der Waals surface area (Å²) in [6.07, 6.45) is -0.588. The summed E-state index contributed by atoms with van der Waals surface area (Å²) >= 11 is 0. The van der Waals surface area contributed by atoms with Crippen LogP contribution < -0.4 is 15.5 Å². The molecule has 0 saturated carbocycles. The van der Waals surface area contributed by atoms with Crippen LogP contribution in [0, 0.1) is 0 Å². The Morgan fingerprint density at radius 2 is 1.50 bits per heavy atom. The Hall–Kier alpha value is -2.20. The van der Waals surface area contributed by atoms with Crippen LogP contribution in [0.15, 0.2) is 24.3 Å². The quantitative estimate of drug-likeness (QED) is 0.425. The summed E-state index contributed by atoms with van der Waals surface area (Å²) in [5.74, 6) is -1.36. The maximum atomic E-state index is 12.3. The van der Waals surface area contributed by atoms with Crippen molar-refractivity contribution in [3.05, 3.63) is 29.8 Å². The van der Waals surface area contributed by atoms with E-state index in [4.69, 9.17) is 9.47 Å². The summed E-state index contributed by atoms with van der Waals surface area (Å²) in [5, 5.41) is 5.31. The first-order valence-corrected chi connectivity index (χ1v) is 10.2. The van der Waals surface area contributed by atoms with Gasteiger partial charge in [0, 0.05) is 66.7 Å². The van der Waals surface area contributed by atoms with Gasteiger partial charge in [0.15, 0.2) is 6.29 Å². The molecule has 0 aromatic heterocycles. The van der Waals surface area contributed by atoms with E-state index >= 15 is 0 Å². The number of rotatable bonds is 9. The number of methoxy groups -OCH3 is 2. The fraction of sp³-hybridized carbons (Fsp3) is 0.619. The first-order chi connectivity index (χ1) is 14.3. The fourth-order valence-corrected chi connectivity index (χ4v) is 3.37. The van der Waals surface area contributed by atoms with Gasteiger partial charge >= 0.3 is 11.8 Å². The normalized spacial score (nSPS) is 16.3. The topological polar surface area (TPSA) is 86.4 Å². The lowest BCUT2D eigenvalue weighted by Gasteiger charge is -2.38. The number of piperazine rings is 1. The minimum atomic E-state index is -0.700. The molecule has 1 aromatic carbocycles. The number of hydrogen-bond acceptors (Lipinski definition) is 7. The molecule has 9 heteroatoms. The van der Waals surface area contributed by atoms with Crippen molar-refractivity contribution in [2.45, 2.75) is 12.3 Å². The lowest BCUT2D eigenvalue weighted by Crippen LogP contribution is -2.50. The van der Waals surface area contributed by atoms with Crippen molar-refractivity contribution < 1.29 is 19.1 Å². The van der Waals surface area contributed by atoms with E-state index in [0.717, 1.165) is 37.4 Å². The third-order valence-electron chi connectivity index (χ3n) is 5.39. The van der Waals surface area contributed by atoms with Gasteiger partial charge in [-0.1, -0.05) is 12.1 Å². The van der Waals surface area contributed by atoms with Gasteiger partial charge in [-0.2, -0.15) is 0 Å². The van der Waals surface area contributed by atoms with Crippen molar-refractivity contribution in [3.63, 3.8) is 0 Å². The highest BCUT2D eigenvalue weighted by atomic mass is 16.7. The molecule has 1 heterocycles. The summed E-state index contributed by atoms with van der Waals surface area (Å²) in [5.41, 5.74) is 2.23. The zero-order valence-electron chi connectivity index (χ0n) is 18.7. The maximum Gasteiger partial charge on any atom is 0.309 e. The van der Waals surface area contributed by atoms with E-state index in [1.165, 1.54) is 14.2 Å². The van der Waals surface area contributed by atoms with E-state index < -0.39 is 18.1 Å². The van der Waals surface area contributed by atoms with Crippen molar-refractivity contribution >= 4 is 17.5 Å². The van der Waals surface area contributed by atoms with Crippen LogP contribution in [-0.4, -0.2) is 103 Å². The Morgan fingerprint density at radius 1 is 0.967 bits per heavy atom. The summed E-state index contributed by atoms with van der Waals surface area (Å²) in [4.78, 5) is 31.1. The van der Waals surface area contributed by atoms with Gasteiger partial charge in [-0.05, 0) is 24.7 Å². The number of benzene rings is 1. The maximum absolute atomic E-state index is 12.3. The highest BCUT2D eigenvalue weighted by Crippen LogP contribution is 2.24. The number of ether oxygens (including phenoxy) is 2. The zero-order valence-corrected chi connectivity index (χ0v) is 18.7. The van der Waals surface area contributed by atoms with E-state index in [1.807, 2.05) is 19.0 Å². The van der Waals surface area contributed by atoms with E-state index in [0.29, 0.717) is 6.54 Å². The highest BCUT2D eigenvalue weighted by Gasteiger charge is 2.25. The number of amides is 2. The second-order valence-corrected chi connectivity index (χ2v) is 7.66. The zero-order chi connectivity index (χ0) is 22.1. The van der Waals surface area contributed by atoms with Gasteiger partial charge in [0.2, 0.25) is 0 Å². The van der Waals surface area contributed by atoms with Gasteiger partial charge < -0.3 is 29.9 Å². The fourth-order valence-electron chi connectivity index (χ4n) is 3.37. The number of carbonyl (C=O) groups is 2. The van der Waals surface area contributed by atoms with Crippen LogP contribution in [-0.2, 0) is 19.1 Å². The van der Waals surface area contributed by atoms with Crippen LogP contribution in [0.2, 0.25) is 0 Å². The third kappa shape index (κ3) is 6.94. The molecule has 1 saturated heterocycles. The summed E-state index contributed by atoms with van der Waals surface area (Å²) < 4.78 is 10.0. The Labute approximate surface area is 179 Å². The lowest BCUT2D eigenvalue weighted by atomic mass is 10.0. The molecular formula is C21H35N5O4. The van der Waals surface area contributed by atoms with Crippen LogP contribution in [0.4, 0.5) is 5.69 Å². The van der Waals surface area contributed by atoms with Crippen molar-refractivity contribution in [1.82, 2.24) is 20.4 Å². The van der Waals surface area contributed by atoms with Crippen LogP contribution in [0.25, 0.3) is 0 Å². The minimum Gasteiger partial charge on any atom is -0.378 e. The molecule has 1 atom stereocenters. The Balaban J connectivity index is 2.02. The number of hydrogen-bond donors (Lipinski definition) is 2. The van der Waals surface area contributed by atoms with E-state index in [2.05, 4.69) is 51.7 Å². The standard InChI is InChI=1S/C21H35N5O4/c1-24(2)17-8-6-16(7-9-17)18(26-12-10-25(3)11-13-26)14-22-20(27)21(28)23-15-19(29-4)30-5/h6-9,18-19H,10-15H2,1-5H3,(H,22,27)(H,23,28). The Bertz CT molecular complexity index is 670. The molecule has 0 radical (unpaired) electrons. The predicted molar refractivity (Wildman–Crippen MR) is 116 cm³/mol. The average molecular weight is 422 g/mol. The third-order valence-corrected chi connectivity index (χ3v) is 5.39. The molecular weight excluding hydrogens is 386 g/mol. The molecule has 1 aliphatic rings. The van der Waals surface area contributed by atoms with Crippen molar-refractivity contribution in [2.24, 2.45) is 0 Å². The summed E-state index contributed by atoms with van der Waals surface area (Å²) in [6.45, 7) is 4.21. The van der Waals surface area contributed by atoms with E-state index in [-0.39, 0.29) is 12.6 Å². The van der Waals surface area contributed by atoms with Gasteiger partial charge in [0.25, 0.3) is 0 Å². The second-order valence-electron chi connectivity index (χ2n) is 7.66. The highest BCUT2D eigenvalue weighted by molar-refractivity contribution is 6.35. The molecule has 1 unspecified atom stereocenters. The van der Waals surface area contributed by atoms with Crippen molar-refractivity contribution in [1.29, 1.82) is 0 Å². The largest absolute Gasteiger partial charge is 0.378 e. The summed E-state index contributed by atoms with van der Waals surface area (Å²) in [6, 6.07) is 8.32. The number of anilines is 1. The molecule has 0 spiro atoms. The Morgan fingerprint density at radius 3 is 2.00 bits per heavy atom. The molecule has 9 nitrogen and oxygen atoms in total. The number of carbonyl (C=O) groups excluding carboxylic acids is 2. The van der Waals surface area contributed by atoms with Gasteiger partial charge in [-0.3, -0.25) is 14.5 Å². The number of nitrogens with zero attached hydrogens (tertiary/aromatic N) is 3. The van der Waals surface area contributed by atoms with E-state index in [9.17, 15) is 9.59 Å². The smallest absolute Gasteiger partial charge is 0.309 e. The molecule has 1 aliphatic heterocycles. The SMILES string of the molecule is COC(CNC(=O)C(=O)NCC(c1ccc(N(C)C)cc1)N1CCN(C)CC1)OC. The predicted octanol–water partition coefficient (Wildman–Crippen LogP) is -0.108. The first kappa shape index (κ1) is 24.1. The average Bonchev–Trinajstić information content (AvgIpc) is 2.75. The number of likely N-dealkylation sites (N-methyl/N-ethyl adjacent to an activating group) is 1. The molecule has 30 heavy (non-hydrogen) atoms. The molecule has 2 rings (SSSR count). The molecule has 2 N–H and O–H groups in total. The Kier molecular flexibility index (Phi) is 9.51. The first-order valence-electron chi connectivity index (χ1n) is 10.2. The van der Waals surface area contributed by atoms with Crippen molar-refractivity contribution in [2.75, 3.05) is 79.5 Å². The summed E-state index contributed by atoms with van der Waals surface area (Å²) in [7, 11) is 9.07. The number of nitrogens with one attached hydrogen (secondary N) is 2. The van der Waals surface area contributed by atoms with Gasteiger partial charge in [-0.25, -0.2) is 0 Å². The second kappa shape index (κ2) is 11.8. The molecule has 2 amide bonds. The van der Waals surface area contributed by atoms with Crippen molar-refractivity contribution in [3.8, 4) is 0 Å². The van der Waals surface area contributed by atoms with Gasteiger partial charge in [-0.15, -0.1) is 0 Å². The molecule has 1 aromatic rings. The molecule has 0 bridgehead atoms. The van der Waals surface area contributed by atoms with Gasteiger partial charge in [0.05, 0.1) is 12.6 Å². The van der Waals surface area contributed by atoms with E-state index in [1.54, 1.807) is 0 Å². The monoisotopic (exact) mass is 421 g/mol.